The van der Waals surface area contributed by atoms with E-state index >= 15 is 0 Å². The Labute approximate surface area is 76.6 Å². The predicted molar refractivity (Wildman–Crippen MR) is 56.3 cm³/mol. The highest BCUT2D eigenvalue weighted by Gasteiger charge is 1.96. The molecule has 0 aliphatic heterocycles. The van der Waals surface area contributed by atoms with Gasteiger partial charge in [0.1, 0.15) is 0 Å². The maximum Gasteiger partial charge on any atom is 0.0134 e. The molecule has 1 atom stereocenters. The Hall–Kier alpha value is -0.560. The molecule has 1 nitrogen and oxygen atoms in total. The summed E-state index contributed by atoms with van der Waals surface area (Å²) in [5.74, 6) is 0. The second kappa shape index (κ2) is 7.11. The number of nitrogens with one attached hydrogen (secondary N) is 1. The first-order chi connectivity index (χ1) is 5.66. The molecule has 0 spiro atoms. The molecule has 0 saturated carbocycles. The molecule has 0 saturated heterocycles. The molecule has 0 amide bonds. The minimum absolute atomic E-state index is 0.596. The van der Waals surface area contributed by atoms with Crippen molar-refractivity contribution < 1.29 is 0 Å². The number of rotatable bonds is 6. The molecule has 0 aromatic heterocycles. The van der Waals surface area contributed by atoms with Gasteiger partial charge >= 0.3 is 0 Å². The van der Waals surface area contributed by atoms with Crippen molar-refractivity contribution in [2.45, 2.75) is 39.7 Å². The van der Waals surface area contributed by atoms with Crippen molar-refractivity contribution in [2.75, 3.05) is 6.54 Å². The van der Waals surface area contributed by atoms with Gasteiger partial charge in [-0.3, -0.25) is 0 Å². The summed E-state index contributed by atoms with van der Waals surface area (Å²) >= 11 is 0. The summed E-state index contributed by atoms with van der Waals surface area (Å²) in [6, 6.07) is 0.596. The van der Waals surface area contributed by atoms with Crippen molar-refractivity contribution in [3.05, 3.63) is 24.3 Å². The summed E-state index contributed by atoms with van der Waals surface area (Å²) in [6.45, 7) is 11.1. The Bertz CT molecular complexity index is 143. The van der Waals surface area contributed by atoms with Crippen molar-refractivity contribution in [3.8, 4) is 0 Å². The largest absolute Gasteiger partial charge is 0.311 e. The first kappa shape index (κ1) is 11.4. The quantitative estimate of drug-likeness (QED) is 0.600. The molecular weight excluding hydrogens is 146 g/mol. The second-order valence-electron chi connectivity index (χ2n) is 3.46. The molecule has 0 aromatic carbocycles. The van der Waals surface area contributed by atoms with Crippen molar-refractivity contribution >= 4 is 0 Å². The zero-order valence-corrected chi connectivity index (χ0v) is 8.56. The van der Waals surface area contributed by atoms with Gasteiger partial charge in [-0.1, -0.05) is 17.7 Å². The zero-order valence-electron chi connectivity index (χ0n) is 8.56. The zero-order chi connectivity index (χ0) is 9.40. The Kier molecular flexibility index (Phi) is 6.78. The molecule has 0 rings (SSSR count). The van der Waals surface area contributed by atoms with Gasteiger partial charge in [0.15, 0.2) is 0 Å². The van der Waals surface area contributed by atoms with Gasteiger partial charge in [0.2, 0.25) is 0 Å². The molecule has 70 valence electrons. The van der Waals surface area contributed by atoms with Gasteiger partial charge in [0.05, 0.1) is 0 Å². The van der Waals surface area contributed by atoms with Crippen LogP contribution in [0.2, 0.25) is 0 Å². The maximum atomic E-state index is 3.67. The Morgan fingerprint density at radius 3 is 2.67 bits per heavy atom. The van der Waals surface area contributed by atoms with Crippen LogP contribution in [0.25, 0.3) is 0 Å². The third-order valence-corrected chi connectivity index (χ3v) is 1.76. The van der Waals surface area contributed by atoms with Crippen molar-refractivity contribution in [2.24, 2.45) is 0 Å². The van der Waals surface area contributed by atoms with Crippen molar-refractivity contribution in [3.63, 3.8) is 0 Å². The van der Waals surface area contributed by atoms with Crippen molar-refractivity contribution in [1.82, 2.24) is 5.32 Å². The first-order valence-electron chi connectivity index (χ1n) is 4.64. The van der Waals surface area contributed by atoms with E-state index in [-0.39, 0.29) is 0 Å². The standard InChI is InChI=1S/C11H21N/c1-5-9-12-11(4)8-6-7-10(2)3/h5,7,11-12H,1,6,8-9H2,2-4H3/t11-/m1/s1. The average Bonchev–Trinajstić information content (AvgIpc) is 2.00. The van der Waals surface area contributed by atoms with Crippen LogP contribution in [0.1, 0.15) is 33.6 Å². The molecule has 0 aliphatic rings. The summed E-state index contributed by atoms with van der Waals surface area (Å²) < 4.78 is 0. The van der Waals surface area contributed by atoms with Gasteiger partial charge in [-0.15, -0.1) is 6.58 Å². The molecule has 0 heterocycles. The van der Waals surface area contributed by atoms with Crippen LogP contribution in [-0.4, -0.2) is 12.6 Å². The van der Waals surface area contributed by atoms with Crippen LogP contribution in [0, 0.1) is 0 Å². The fraction of sp³-hybridized carbons (Fsp3) is 0.636. The molecule has 0 bridgehead atoms. The fourth-order valence-corrected chi connectivity index (χ4v) is 1.01. The second-order valence-corrected chi connectivity index (χ2v) is 3.46. The summed E-state index contributed by atoms with van der Waals surface area (Å²) in [5.41, 5.74) is 1.41. The van der Waals surface area contributed by atoms with E-state index in [1.165, 1.54) is 18.4 Å². The molecule has 0 radical (unpaired) electrons. The lowest BCUT2D eigenvalue weighted by atomic mass is 10.1. The predicted octanol–water partition coefficient (Wildman–Crippen LogP) is 2.90. The van der Waals surface area contributed by atoms with Crippen LogP contribution in [-0.2, 0) is 0 Å². The molecule has 0 aromatic rings. The lowest BCUT2D eigenvalue weighted by molar-refractivity contribution is 0.547. The molecule has 1 N–H and O–H groups in total. The minimum atomic E-state index is 0.596. The molecular formula is C11H21N. The smallest absolute Gasteiger partial charge is 0.0134 e. The van der Waals surface area contributed by atoms with E-state index in [4.69, 9.17) is 0 Å². The van der Waals surface area contributed by atoms with Crippen molar-refractivity contribution in [1.29, 1.82) is 0 Å². The van der Waals surface area contributed by atoms with E-state index in [0.29, 0.717) is 6.04 Å². The van der Waals surface area contributed by atoms with E-state index in [2.05, 4.69) is 38.7 Å². The fourth-order valence-electron chi connectivity index (χ4n) is 1.01. The molecule has 0 fully saturated rings. The van der Waals surface area contributed by atoms with Crippen LogP contribution in [0.15, 0.2) is 24.3 Å². The monoisotopic (exact) mass is 167 g/mol. The highest BCUT2D eigenvalue weighted by molar-refractivity contribution is 4.93. The Balaban J connectivity index is 3.37. The van der Waals surface area contributed by atoms with E-state index in [1.54, 1.807) is 0 Å². The molecule has 1 heteroatoms. The van der Waals surface area contributed by atoms with Crippen LogP contribution in [0.5, 0.6) is 0 Å². The molecule has 0 unspecified atom stereocenters. The Morgan fingerprint density at radius 2 is 2.17 bits per heavy atom. The van der Waals surface area contributed by atoms with Gasteiger partial charge in [-0.25, -0.2) is 0 Å². The van der Waals surface area contributed by atoms with Crippen LogP contribution in [0.3, 0.4) is 0 Å². The number of hydrogen-bond acceptors (Lipinski definition) is 1. The summed E-state index contributed by atoms with van der Waals surface area (Å²) in [4.78, 5) is 0. The van der Waals surface area contributed by atoms with Gasteiger partial charge in [0, 0.05) is 12.6 Å². The topological polar surface area (TPSA) is 12.0 Å². The van der Waals surface area contributed by atoms with Gasteiger partial charge in [0.25, 0.3) is 0 Å². The minimum Gasteiger partial charge on any atom is -0.311 e. The van der Waals surface area contributed by atoms with Gasteiger partial charge < -0.3 is 5.32 Å². The van der Waals surface area contributed by atoms with E-state index in [9.17, 15) is 0 Å². The lowest BCUT2D eigenvalue weighted by Crippen LogP contribution is -2.25. The highest BCUT2D eigenvalue weighted by Crippen LogP contribution is 2.00. The number of allylic oxidation sites excluding steroid dienone is 2. The summed E-state index contributed by atoms with van der Waals surface area (Å²) in [5, 5.41) is 3.36. The Morgan fingerprint density at radius 1 is 1.50 bits per heavy atom. The summed E-state index contributed by atoms with van der Waals surface area (Å²) in [6.07, 6.45) is 6.57. The van der Waals surface area contributed by atoms with E-state index in [0.717, 1.165) is 6.54 Å². The average molecular weight is 167 g/mol. The SMILES string of the molecule is C=CCN[C@H](C)CCC=C(C)C. The van der Waals surface area contributed by atoms with E-state index < -0.39 is 0 Å². The maximum absolute atomic E-state index is 3.67. The third-order valence-electron chi connectivity index (χ3n) is 1.76. The lowest BCUT2D eigenvalue weighted by Gasteiger charge is -2.10. The van der Waals surface area contributed by atoms with Crippen LogP contribution in [0.4, 0.5) is 0 Å². The molecule has 0 aliphatic carbocycles. The third kappa shape index (κ3) is 7.55. The van der Waals surface area contributed by atoms with Crippen LogP contribution >= 0.6 is 0 Å². The first-order valence-corrected chi connectivity index (χ1v) is 4.64. The van der Waals surface area contributed by atoms with Gasteiger partial charge in [-0.2, -0.15) is 0 Å². The van der Waals surface area contributed by atoms with Gasteiger partial charge in [-0.05, 0) is 33.6 Å². The highest BCUT2D eigenvalue weighted by atomic mass is 14.9. The van der Waals surface area contributed by atoms with Crippen LogP contribution < -0.4 is 5.32 Å². The normalized spacial score (nSPS) is 12.2. The summed E-state index contributed by atoms with van der Waals surface area (Å²) in [7, 11) is 0. The number of hydrogen-bond donors (Lipinski definition) is 1. The van der Waals surface area contributed by atoms with E-state index in [1.807, 2.05) is 6.08 Å². The molecule has 12 heavy (non-hydrogen) atoms.